The number of aryl methyl sites for hydroxylation is 1. The lowest BCUT2D eigenvalue weighted by atomic mass is 9.57. The van der Waals surface area contributed by atoms with Gasteiger partial charge in [0, 0.05) is 32.1 Å². The number of benzene rings is 1. The molecule has 6 rings (SSSR count). The molecular weight excluding hydrogens is 378 g/mol. The van der Waals surface area contributed by atoms with Gasteiger partial charge in [0.2, 0.25) is 5.79 Å². The van der Waals surface area contributed by atoms with Gasteiger partial charge in [0.25, 0.3) is 0 Å². The van der Waals surface area contributed by atoms with E-state index < -0.39 is 11.4 Å². The van der Waals surface area contributed by atoms with Crippen molar-refractivity contribution in [2.75, 3.05) is 25.6 Å². The maximum absolute atomic E-state index is 6.36. The van der Waals surface area contributed by atoms with E-state index in [-0.39, 0.29) is 6.29 Å². The monoisotopic (exact) mass is 415 g/mol. The molecule has 1 aromatic rings. The number of ether oxygens (including phenoxy) is 2. The third kappa shape index (κ3) is 3.38. The van der Waals surface area contributed by atoms with E-state index in [0.29, 0.717) is 23.7 Å². The zero-order valence-corrected chi connectivity index (χ0v) is 18.9. The minimum absolute atomic E-state index is 0.286. The van der Waals surface area contributed by atoms with Crippen LogP contribution in [0.3, 0.4) is 0 Å². The van der Waals surface area contributed by atoms with Gasteiger partial charge in [-0.1, -0.05) is 19.1 Å². The third-order valence-electron chi connectivity index (χ3n) is 8.30. The van der Waals surface area contributed by atoms with Gasteiger partial charge >= 0.3 is 0 Å². The molecule has 0 radical (unpaired) electrons. The SMILES string of the molecule is C[C@@H]1CC[C@H]2[C@@H](CCCc3ccc(N(C)C)cc3)CO[C@@H]3OC4(C)CC[C@@H]1C32OO4. The topological polar surface area (TPSA) is 40.2 Å². The second kappa shape index (κ2) is 7.77. The molecule has 2 unspecified atom stereocenters. The Balaban J connectivity index is 1.29. The van der Waals surface area contributed by atoms with Gasteiger partial charge in [0.1, 0.15) is 0 Å². The molecule has 30 heavy (non-hydrogen) atoms. The van der Waals surface area contributed by atoms with Gasteiger partial charge in [-0.3, -0.25) is 0 Å². The van der Waals surface area contributed by atoms with Crippen LogP contribution in [0.25, 0.3) is 0 Å². The van der Waals surface area contributed by atoms with Crippen LogP contribution >= 0.6 is 0 Å². The Hall–Kier alpha value is -1.14. The first kappa shape index (κ1) is 20.7. The van der Waals surface area contributed by atoms with E-state index in [1.807, 2.05) is 6.92 Å². The highest BCUT2D eigenvalue weighted by atomic mass is 17.3. The van der Waals surface area contributed by atoms with Crippen LogP contribution in [0.4, 0.5) is 5.69 Å². The van der Waals surface area contributed by atoms with Crippen molar-refractivity contribution in [2.45, 2.75) is 76.5 Å². The van der Waals surface area contributed by atoms with Gasteiger partial charge in [-0.25, -0.2) is 9.78 Å². The molecule has 5 aliphatic rings. The molecule has 1 saturated carbocycles. The van der Waals surface area contributed by atoms with Gasteiger partial charge in [0.05, 0.1) is 6.61 Å². The van der Waals surface area contributed by atoms with Crippen LogP contribution in [0.2, 0.25) is 0 Å². The predicted octanol–water partition coefficient (Wildman–Crippen LogP) is 4.94. The summed E-state index contributed by atoms with van der Waals surface area (Å²) in [6, 6.07) is 8.95. The molecule has 7 atom stereocenters. The van der Waals surface area contributed by atoms with E-state index in [1.54, 1.807) is 0 Å². The van der Waals surface area contributed by atoms with Crippen LogP contribution in [-0.2, 0) is 25.7 Å². The van der Waals surface area contributed by atoms with Gasteiger partial charge in [-0.15, -0.1) is 0 Å². The minimum Gasteiger partial charge on any atom is -0.378 e. The summed E-state index contributed by atoms with van der Waals surface area (Å²) in [7, 11) is 4.17. The molecule has 4 saturated heterocycles. The molecule has 5 fully saturated rings. The smallest absolute Gasteiger partial charge is 0.201 e. The summed E-state index contributed by atoms with van der Waals surface area (Å²) in [5, 5.41) is 0. The molecule has 1 spiro atoms. The van der Waals surface area contributed by atoms with E-state index in [2.05, 4.69) is 50.2 Å². The van der Waals surface area contributed by atoms with Crippen LogP contribution in [0, 0.1) is 23.7 Å². The molecular formula is C25H37NO4. The summed E-state index contributed by atoms with van der Waals surface area (Å²) in [5.74, 6) is 1.37. The van der Waals surface area contributed by atoms with Gasteiger partial charge in [-0.05, 0) is 80.9 Å². The molecule has 1 aromatic carbocycles. The highest BCUT2D eigenvalue weighted by Gasteiger charge is 2.68. The van der Waals surface area contributed by atoms with Gasteiger partial charge in [0.15, 0.2) is 11.9 Å². The average Bonchev–Trinajstić information content (AvgIpc) is 2.97. The summed E-state index contributed by atoms with van der Waals surface area (Å²) >= 11 is 0. The largest absolute Gasteiger partial charge is 0.378 e. The highest BCUT2D eigenvalue weighted by molar-refractivity contribution is 5.45. The van der Waals surface area contributed by atoms with Crippen LogP contribution < -0.4 is 4.90 Å². The fraction of sp³-hybridized carbons (Fsp3) is 0.760. The lowest BCUT2D eigenvalue weighted by Crippen LogP contribution is -2.69. The minimum atomic E-state index is -0.664. The Morgan fingerprint density at radius 3 is 2.60 bits per heavy atom. The van der Waals surface area contributed by atoms with Crippen molar-refractivity contribution < 1.29 is 19.2 Å². The first-order valence-electron chi connectivity index (χ1n) is 11.8. The quantitative estimate of drug-likeness (QED) is 0.637. The van der Waals surface area contributed by atoms with Crippen molar-refractivity contribution in [3.63, 3.8) is 0 Å². The average molecular weight is 416 g/mol. The van der Waals surface area contributed by atoms with E-state index in [0.717, 1.165) is 32.3 Å². The van der Waals surface area contributed by atoms with Crippen LogP contribution in [0.5, 0.6) is 0 Å². The van der Waals surface area contributed by atoms with Crippen molar-refractivity contribution in [1.29, 1.82) is 0 Å². The van der Waals surface area contributed by atoms with Crippen molar-refractivity contribution in [2.24, 2.45) is 23.7 Å². The van der Waals surface area contributed by atoms with E-state index in [1.165, 1.54) is 30.5 Å². The van der Waals surface area contributed by atoms with Gasteiger partial charge < -0.3 is 14.4 Å². The molecule has 1 aliphatic carbocycles. The van der Waals surface area contributed by atoms with E-state index in [4.69, 9.17) is 19.2 Å². The Bertz CT molecular complexity index is 752. The molecule has 5 heteroatoms. The number of nitrogens with zero attached hydrogens (tertiary/aromatic N) is 1. The van der Waals surface area contributed by atoms with Crippen LogP contribution in [-0.4, -0.2) is 38.4 Å². The number of hydrogen-bond donors (Lipinski definition) is 0. The van der Waals surface area contributed by atoms with Crippen LogP contribution in [0.1, 0.15) is 57.9 Å². The Labute approximate surface area is 180 Å². The fourth-order valence-electron chi connectivity index (χ4n) is 6.54. The molecule has 166 valence electrons. The molecule has 4 aliphatic heterocycles. The zero-order valence-electron chi connectivity index (χ0n) is 18.9. The second-order valence-electron chi connectivity index (χ2n) is 10.5. The lowest BCUT2D eigenvalue weighted by molar-refractivity contribution is -0.567. The fourth-order valence-corrected chi connectivity index (χ4v) is 6.54. The normalized spacial score (nSPS) is 42.5. The van der Waals surface area contributed by atoms with Gasteiger partial charge in [-0.2, -0.15) is 0 Å². The summed E-state index contributed by atoms with van der Waals surface area (Å²) in [4.78, 5) is 14.3. The first-order chi connectivity index (χ1) is 14.4. The zero-order chi connectivity index (χ0) is 20.9. The van der Waals surface area contributed by atoms with Crippen LogP contribution in [0.15, 0.2) is 24.3 Å². The maximum atomic E-state index is 6.36. The van der Waals surface area contributed by atoms with Crippen molar-refractivity contribution >= 4 is 5.69 Å². The number of fused-ring (bicyclic) bond motifs is 2. The summed E-state index contributed by atoms with van der Waals surface area (Å²) in [6.45, 7) is 5.14. The maximum Gasteiger partial charge on any atom is 0.201 e. The van der Waals surface area contributed by atoms with Crippen molar-refractivity contribution in [1.82, 2.24) is 0 Å². The first-order valence-corrected chi connectivity index (χ1v) is 11.8. The molecule has 4 heterocycles. The van der Waals surface area contributed by atoms with E-state index in [9.17, 15) is 0 Å². The summed E-state index contributed by atoms with van der Waals surface area (Å²) in [6.07, 6.45) is 7.59. The molecule has 0 N–H and O–H groups in total. The van der Waals surface area contributed by atoms with E-state index >= 15 is 0 Å². The third-order valence-corrected chi connectivity index (χ3v) is 8.30. The number of hydrogen-bond acceptors (Lipinski definition) is 5. The molecule has 2 bridgehead atoms. The molecule has 0 amide bonds. The summed E-state index contributed by atoms with van der Waals surface area (Å²) < 4.78 is 12.7. The second-order valence-corrected chi connectivity index (χ2v) is 10.5. The molecule has 5 nitrogen and oxygen atoms in total. The summed E-state index contributed by atoms with van der Waals surface area (Å²) in [5.41, 5.74) is 2.24. The molecule has 0 aromatic heterocycles. The lowest BCUT2D eigenvalue weighted by Gasteiger charge is -2.59. The Kier molecular flexibility index (Phi) is 5.37. The predicted molar refractivity (Wildman–Crippen MR) is 116 cm³/mol. The Morgan fingerprint density at radius 1 is 1.03 bits per heavy atom. The number of rotatable bonds is 5. The highest BCUT2D eigenvalue weighted by Crippen LogP contribution is 2.60. The standard InChI is InChI=1S/C25H37NO4/c1-17-8-13-22-19(7-5-6-18-9-11-20(12-10-18)26(3)4)16-27-23-25(22)21(17)14-15-24(2,28-23)29-30-25/h9-12,17,19,21-23H,5-8,13-16H2,1-4H3/t17-,19+,21+,22+,23-,24?,25?/m1/s1. The number of anilines is 1. The Morgan fingerprint density at radius 2 is 1.83 bits per heavy atom. The van der Waals surface area contributed by atoms with Crippen molar-refractivity contribution in [3.05, 3.63) is 29.8 Å². The van der Waals surface area contributed by atoms with Crippen molar-refractivity contribution in [3.8, 4) is 0 Å².